The van der Waals surface area contributed by atoms with E-state index < -0.39 is 0 Å². The first-order valence-electron chi connectivity index (χ1n) is 8.99. The van der Waals surface area contributed by atoms with Gasteiger partial charge in [-0.25, -0.2) is 0 Å². The molecule has 2 aliphatic rings. The van der Waals surface area contributed by atoms with Crippen molar-refractivity contribution in [2.24, 2.45) is 0 Å². The first-order valence-corrected chi connectivity index (χ1v) is 10.8. The summed E-state index contributed by atoms with van der Waals surface area (Å²) in [4.78, 5) is 25.3. The molecule has 1 aromatic carbocycles. The highest BCUT2D eigenvalue weighted by Crippen LogP contribution is 2.42. The fraction of sp³-hybridized carbons (Fsp3) is 0.474. The van der Waals surface area contributed by atoms with Crippen molar-refractivity contribution in [2.75, 3.05) is 17.7 Å². The summed E-state index contributed by atoms with van der Waals surface area (Å²) < 4.78 is 8.65. The highest BCUT2D eigenvalue weighted by molar-refractivity contribution is 9.10. The molecule has 4 rings (SSSR count). The lowest BCUT2D eigenvalue weighted by molar-refractivity contribution is -0.113. The van der Waals surface area contributed by atoms with Gasteiger partial charge in [0.05, 0.1) is 28.2 Å². The zero-order valence-electron chi connectivity index (χ0n) is 15.3. The van der Waals surface area contributed by atoms with E-state index in [1.54, 1.807) is 0 Å². The van der Waals surface area contributed by atoms with Gasteiger partial charge in [0.25, 0.3) is 5.56 Å². The molecule has 2 atom stereocenters. The van der Waals surface area contributed by atoms with Crippen LogP contribution in [0.3, 0.4) is 0 Å². The molecule has 8 heteroatoms. The molecule has 0 spiro atoms. The Kier molecular flexibility index (Phi) is 4.98. The van der Waals surface area contributed by atoms with Crippen LogP contribution in [0, 0.1) is 0 Å². The van der Waals surface area contributed by atoms with Crippen LogP contribution in [0.5, 0.6) is 0 Å². The third-order valence-electron chi connectivity index (χ3n) is 5.07. The first-order chi connectivity index (χ1) is 12.8. The van der Waals surface area contributed by atoms with Crippen molar-refractivity contribution in [1.82, 2.24) is 9.78 Å². The summed E-state index contributed by atoms with van der Waals surface area (Å²) in [5.74, 6) is 0.833. The first kappa shape index (κ1) is 18.8. The van der Waals surface area contributed by atoms with E-state index in [9.17, 15) is 9.59 Å². The number of H-pyrrole nitrogens is 1. The number of hydrogen-bond acceptors (Lipinski definition) is 4. The molecular weight excluding hydrogens is 430 g/mol. The molecule has 6 nitrogen and oxygen atoms in total. The maximum Gasteiger partial charge on any atom is 0.270 e. The zero-order valence-corrected chi connectivity index (χ0v) is 17.7. The number of nitrogens with zero attached hydrogens (tertiary/aromatic N) is 1. The van der Waals surface area contributed by atoms with Gasteiger partial charge in [0, 0.05) is 11.1 Å². The number of anilines is 1. The predicted molar refractivity (Wildman–Crippen MR) is 110 cm³/mol. The lowest BCUT2D eigenvalue weighted by Gasteiger charge is -2.36. The minimum Gasteiger partial charge on any atom is -0.375 e. The molecular formula is C19H22BrN3O3S. The van der Waals surface area contributed by atoms with Crippen LogP contribution >= 0.6 is 27.7 Å². The fourth-order valence-electron chi connectivity index (χ4n) is 3.84. The third kappa shape index (κ3) is 3.75. The minimum absolute atomic E-state index is 0.0826. The smallest absolute Gasteiger partial charge is 0.270 e. The number of carbonyl (C=O) groups is 1. The van der Waals surface area contributed by atoms with E-state index in [-0.39, 0.29) is 28.4 Å². The number of aromatic amines is 1. The Morgan fingerprint density at radius 3 is 2.70 bits per heavy atom. The van der Waals surface area contributed by atoms with Crippen LogP contribution in [-0.4, -0.2) is 33.6 Å². The van der Waals surface area contributed by atoms with Crippen molar-refractivity contribution >= 4 is 39.4 Å². The van der Waals surface area contributed by atoms with E-state index in [0.29, 0.717) is 23.7 Å². The monoisotopic (exact) mass is 451 g/mol. The van der Waals surface area contributed by atoms with E-state index in [2.05, 4.69) is 40.2 Å². The molecule has 1 aromatic heterocycles. The van der Waals surface area contributed by atoms with Crippen molar-refractivity contribution < 1.29 is 9.53 Å². The van der Waals surface area contributed by atoms with Crippen LogP contribution in [0.15, 0.2) is 33.5 Å². The Bertz CT molecular complexity index is 919. The lowest BCUT2D eigenvalue weighted by Crippen LogP contribution is -2.36. The lowest BCUT2D eigenvalue weighted by atomic mass is 9.94. The second-order valence-corrected chi connectivity index (χ2v) is 9.63. The second kappa shape index (κ2) is 7.14. The van der Waals surface area contributed by atoms with E-state index in [1.807, 2.05) is 28.9 Å². The van der Waals surface area contributed by atoms with Crippen molar-refractivity contribution in [2.45, 2.75) is 43.6 Å². The number of thioether (sulfide) groups is 1. The van der Waals surface area contributed by atoms with Crippen LogP contribution in [0.4, 0.5) is 5.82 Å². The third-order valence-corrected chi connectivity index (χ3v) is 6.87. The van der Waals surface area contributed by atoms with Crippen LogP contribution in [0.25, 0.3) is 0 Å². The molecule has 2 aromatic rings. The Balaban J connectivity index is 1.80. The van der Waals surface area contributed by atoms with Gasteiger partial charge < -0.3 is 10.1 Å². The van der Waals surface area contributed by atoms with Crippen molar-refractivity contribution in [1.29, 1.82) is 0 Å². The number of amides is 1. The number of carbonyl (C=O) groups excluding carboxylic acids is 1. The van der Waals surface area contributed by atoms with E-state index >= 15 is 0 Å². The predicted octanol–water partition coefficient (Wildman–Crippen LogP) is 3.84. The second-order valence-electron chi connectivity index (χ2n) is 7.62. The number of halogens is 1. The van der Waals surface area contributed by atoms with Crippen molar-refractivity contribution in [3.63, 3.8) is 0 Å². The number of aromatic nitrogens is 2. The fourth-order valence-corrected chi connectivity index (χ4v) is 5.23. The molecule has 1 amide bonds. The number of hydrogen-bond donors (Lipinski definition) is 2. The van der Waals surface area contributed by atoms with Gasteiger partial charge in [-0.1, -0.05) is 28.1 Å². The van der Waals surface area contributed by atoms with Gasteiger partial charge in [0.1, 0.15) is 5.82 Å². The van der Waals surface area contributed by atoms with Crippen LogP contribution in [0.1, 0.15) is 49.1 Å². The number of ether oxygens (including phenoxy) is 1. The average Bonchev–Trinajstić information content (AvgIpc) is 2.81. The molecule has 0 saturated carbocycles. The van der Waals surface area contributed by atoms with E-state index in [4.69, 9.17) is 4.74 Å². The van der Waals surface area contributed by atoms with Gasteiger partial charge in [-0.05, 0) is 44.4 Å². The summed E-state index contributed by atoms with van der Waals surface area (Å²) in [6, 6.07) is 7.99. The van der Waals surface area contributed by atoms with Gasteiger partial charge in [0.2, 0.25) is 5.91 Å². The quantitative estimate of drug-likeness (QED) is 0.726. The molecule has 1 fully saturated rings. The maximum atomic E-state index is 12.9. The van der Waals surface area contributed by atoms with Gasteiger partial charge in [0.15, 0.2) is 0 Å². The van der Waals surface area contributed by atoms with Gasteiger partial charge >= 0.3 is 0 Å². The van der Waals surface area contributed by atoms with E-state index in [1.165, 1.54) is 11.8 Å². The van der Waals surface area contributed by atoms with Crippen molar-refractivity contribution in [3.8, 4) is 0 Å². The summed E-state index contributed by atoms with van der Waals surface area (Å²) in [5, 5.41) is 5.77. The number of nitrogens with one attached hydrogen (secondary N) is 2. The standard InChI is InChI=1S/C19H22BrN3O3S/c1-19(2)9-13(7-8-26-19)23-17-15(18(25)22-23)16(27-10-14(24)21-17)11-3-5-12(20)6-4-11/h3-6,13,16H,7-10H2,1-2H3,(H,21,24)(H,22,25)/t13-,16-/m0/s1. The number of rotatable bonds is 2. The molecule has 3 heterocycles. The van der Waals surface area contributed by atoms with Crippen molar-refractivity contribution in [3.05, 3.63) is 50.2 Å². The minimum atomic E-state index is -0.258. The van der Waals surface area contributed by atoms with Gasteiger partial charge in [-0.2, -0.15) is 0 Å². The zero-order chi connectivity index (χ0) is 19.2. The molecule has 0 bridgehead atoms. The Morgan fingerprint density at radius 2 is 2.00 bits per heavy atom. The Morgan fingerprint density at radius 1 is 1.26 bits per heavy atom. The molecule has 27 heavy (non-hydrogen) atoms. The number of benzene rings is 1. The Hall–Kier alpha value is -1.51. The van der Waals surface area contributed by atoms with Crippen LogP contribution in [0.2, 0.25) is 0 Å². The van der Waals surface area contributed by atoms with Gasteiger partial charge in [-0.15, -0.1) is 11.8 Å². The normalized spacial score (nSPS) is 24.8. The Labute approximate surface area is 170 Å². The largest absolute Gasteiger partial charge is 0.375 e. The summed E-state index contributed by atoms with van der Waals surface area (Å²) in [7, 11) is 0. The average molecular weight is 452 g/mol. The molecule has 0 radical (unpaired) electrons. The van der Waals surface area contributed by atoms with Crippen LogP contribution in [-0.2, 0) is 9.53 Å². The molecule has 2 aliphatic heterocycles. The summed E-state index contributed by atoms with van der Waals surface area (Å²) >= 11 is 4.93. The maximum absolute atomic E-state index is 12.9. The van der Waals surface area contributed by atoms with Gasteiger partial charge in [-0.3, -0.25) is 19.4 Å². The number of fused-ring (bicyclic) bond motifs is 1. The molecule has 2 N–H and O–H groups in total. The summed E-state index contributed by atoms with van der Waals surface area (Å²) in [6.07, 6.45) is 1.57. The van der Waals surface area contributed by atoms with E-state index in [0.717, 1.165) is 22.9 Å². The highest BCUT2D eigenvalue weighted by atomic mass is 79.9. The topological polar surface area (TPSA) is 76.1 Å². The molecule has 144 valence electrons. The highest BCUT2D eigenvalue weighted by Gasteiger charge is 2.35. The molecule has 1 saturated heterocycles. The molecule has 0 unspecified atom stereocenters. The van der Waals surface area contributed by atoms with Crippen LogP contribution < -0.4 is 10.9 Å². The SMILES string of the molecule is CC1(C)C[C@@H](n2[nH]c(=O)c3c2NC(=O)CS[C@H]3c2ccc(Br)cc2)CCO1. The summed E-state index contributed by atoms with van der Waals surface area (Å²) in [5.41, 5.74) is 1.23. The summed E-state index contributed by atoms with van der Waals surface area (Å²) in [6.45, 7) is 4.74. The molecule has 0 aliphatic carbocycles.